The number of hydrogen-bond acceptors (Lipinski definition) is 1. The lowest BCUT2D eigenvalue weighted by Gasteiger charge is -2.18. The fraction of sp³-hybridized carbons (Fsp3) is 0.222. The van der Waals surface area contributed by atoms with Crippen molar-refractivity contribution in [1.82, 2.24) is 0 Å². The van der Waals surface area contributed by atoms with Gasteiger partial charge in [0.2, 0.25) is 0 Å². The Kier molecular flexibility index (Phi) is 2.93. The molecule has 0 spiro atoms. The van der Waals surface area contributed by atoms with Gasteiger partial charge < -0.3 is 10.6 Å². The van der Waals surface area contributed by atoms with Crippen LogP contribution in [0.3, 0.4) is 0 Å². The van der Waals surface area contributed by atoms with Crippen LogP contribution in [0.15, 0.2) is 22.7 Å². The van der Waals surface area contributed by atoms with Crippen LogP contribution in [0, 0.1) is 12.3 Å². The number of nitrogens with one attached hydrogen (secondary N) is 1. The van der Waals surface area contributed by atoms with E-state index in [0.717, 1.165) is 10.2 Å². The zero-order chi connectivity index (χ0) is 10.0. The first-order valence-corrected chi connectivity index (χ1v) is 4.65. The van der Waals surface area contributed by atoms with Crippen molar-refractivity contribution < 1.29 is 0 Å². The predicted molar refractivity (Wildman–Crippen MR) is 59.2 cm³/mol. The second-order valence-electron chi connectivity index (χ2n) is 2.90. The molecular formula is C9H12BrN3. The van der Waals surface area contributed by atoms with Crippen molar-refractivity contribution in [3.05, 3.63) is 28.2 Å². The fourth-order valence-electron chi connectivity index (χ4n) is 1.01. The summed E-state index contributed by atoms with van der Waals surface area (Å²) in [5, 5.41) is 7.27. The van der Waals surface area contributed by atoms with Crippen molar-refractivity contribution in [2.45, 2.75) is 6.92 Å². The molecule has 1 rings (SSSR count). The van der Waals surface area contributed by atoms with E-state index in [-0.39, 0.29) is 5.96 Å². The van der Waals surface area contributed by atoms with Gasteiger partial charge in [-0.1, -0.05) is 6.07 Å². The third-order valence-corrected chi connectivity index (χ3v) is 2.46. The Labute approximate surface area is 86.2 Å². The molecule has 0 aromatic heterocycles. The molecule has 0 saturated heterocycles. The van der Waals surface area contributed by atoms with E-state index >= 15 is 0 Å². The molecule has 1 aromatic rings. The summed E-state index contributed by atoms with van der Waals surface area (Å²) in [6.07, 6.45) is 0. The highest BCUT2D eigenvalue weighted by Crippen LogP contribution is 2.25. The van der Waals surface area contributed by atoms with Crippen LogP contribution in [0.25, 0.3) is 0 Å². The minimum absolute atomic E-state index is 0.0320. The predicted octanol–water partition coefficient (Wildman–Crippen LogP) is 2.09. The molecule has 0 aliphatic rings. The Bertz CT molecular complexity index is 336. The molecule has 0 aliphatic carbocycles. The number of anilines is 1. The topological polar surface area (TPSA) is 53.1 Å². The van der Waals surface area contributed by atoms with Gasteiger partial charge in [-0.3, -0.25) is 5.41 Å². The molecule has 0 fully saturated rings. The molecule has 1 aromatic carbocycles. The molecule has 3 N–H and O–H groups in total. The smallest absolute Gasteiger partial charge is 0.192 e. The van der Waals surface area contributed by atoms with Gasteiger partial charge in [-0.25, -0.2) is 0 Å². The molecule has 0 atom stereocenters. The highest BCUT2D eigenvalue weighted by Gasteiger charge is 2.06. The summed E-state index contributed by atoms with van der Waals surface area (Å²) in [6, 6.07) is 5.91. The van der Waals surface area contributed by atoms with Crippen molar-refractivity contribution in [3.8, 4) is 0 Å². The van der Waals surface area contributed by atoms with Gasteiger partial charge in [0.25, 0.3) is 0 Å². The number of rotatable bonds is 1. The lowest BCUT2D eigenvalue weighted by molar-refractivity contribution is 1.19. The van der Waals surface area contributed by atoms with Crippen molar-refractivity contribution in [2.24, 2.45) is 5.73 Å². The zero-order valence-electron chi connectivity index (χ0n) is 7.63. The van der Waals surface area contributed by atoms with Crippen LogP contribution >= 0.6 is 15.9 Å². The van der Waals surface area contributed by atoms with Crippen LogP contribution in [0.1, 0.15) is 5.56 Å². The molecule has 4 heteroatoms. The Morgan fingerprint density at radius 1 is 1.54 bits per heavy atom. The fourth-order valence-corrected chi connectivity index (χ4v) is 1.77. The van der Waals surface area contributed by atoms with Crippen LogP contribution in [0.5, 0.6) is 0 Å². The Morgan fingerprint density at radius 2 is 2.15 bits per heavy atom. The van der Waals surface area contributed by atoms with E-state index in [0.29, 0.717) is 0 Å². The number of benzene rings is 1. The molecule has 0 unspecified atom stereocenters. The van der Waals surface area contributed by atoms with E-state index in [9.17, 15) is 0 Å². The van der Waals surface area contributed by atoms with Gasteiger partial charge >= 0.3 is 0 Å². The normalized spacial score (nSPS) is 9.77. The van der Waals surface area contributed by atoms with Gasteiger partial charge in [0.05, 0.1) is 5.69 Å². The molecule has 0 heterocycles. The van der Waals surface area contributed by atoms with Crippen molar-refractivity contribution in [1.29, 1.82) is 5.41 Å². The van der Waals surface area contributed by atoms with Crippen LogP contribution in [0.2, 0.25) is 0 Å². The summed E-state index contributed by atoms with van der Waals surface area (Å²) < 4.78 is 0.949. The van der Waals surface area contributed by atoms with Crippen LogP contribution < -0.4 is 10.6 Å². The van der Waals surface area contributed by atoms with Gasteiger partial charge in [0, 0.05) is 11.5 Å². The molecule has 0 radical (unpaired) electrons. The van der Waals surface area contributed by atoms with E-state index < -0.39 is 0 Å². The highest BCUT2D eigenvalue weighted by molar-refractivity contribution is 9.10. The largest absolute Gasteiger partial charge is 0.370 e. The second-order valence-corrected chi connectivity index (χ2v) is 3.75. The molecular weight excluding hydrogens is 230 g/mol. The molecule has 3 nitrogen and oxygen atoms in total. The number of nitrogens with zero attached hydrogens (tertiary/aromatic N) is 1. The van der Waals surface area contributed by atoms with Gasteiger partial charge in [-0.05, 0) is 40.5 Å². The minimum atomic E-state index is 0.0320. The number of nitrogens with two attached hydrogens (primary N) is 1. The average Bonchev–Trinajstić information content (AvgIpc) is 2.03. The maximum Gasteiger partial charge on any atom is 0.192 e. The van der Waals surface area contributed by atoms with Crippen LogP contribution in [-0.4, -0.2) is 13.0 Å². The van der Waals surface area contributed by atoms with Gasteiger partial charge in [0.15, 0.2) is 5.96 Å². The second kappa shape index (κ2) is 3.79. The third-order valence-electron chi connectivity index (χ3n) is 1.83. The van der Waals surface area contributed by atoms with E-state index in [1.54, 1.807) is 11.9 Å². The number of guanidine groups is 1. The molecule has 0 bridgehead atoms. The Balaban J connectivity index is 3.08. The standard InChI is InChI=1S/C9H12BrN3/c1-6-3-4-8(7(10)5-6)13(2)9(11)12/h3-5H,1-2H3,(H3,11,12). The van der Waals surface area contributed by atoms with Gasteiger partial charge in [-0.2, -0.15) is 0 Å². The van der Waals surface area contributed by atoms with Crippen molar-refractivity contribution in [3.63, 3.8) is 0 Å². The minimum Gasteiger partial charge on any atom is -0.370 e. The summed E-state index contributed by atoms with van der Waals surface area (Å²) in [6.45, 7) is 2.02. The van der Waals surface area contributed by atoms with Crippen molar-refractivity contribution in [2.75, 3.05) is 11.9 Å². The van der Waals surface area contributed by atoms with Crippen LogP contribution in [0.4, 0.5) is 5.69 Å². The zero-order valence-corrected chi connectivity index (χ0v) is 9.22. The first-order valence-electron chi connectivity index (χ1n) is 3.86. The average molecular weight is 242 g/mol. The lowest BCUT2D eigenvalue weighted by atomic mass is 10.2. The van der Waals surface area contributed by atoms with E-state index in [1.807, 2.05) is 25.1 Å². The monoisotopic (exact) mass is 241 g/mol. The van der Waals surface area contributed by atoms with E-state index in [4.69, 9.17) is 11.1 Å². The van der Waals surface area contributed by atoms with E-state index in [2.05, 4.69) is 15.9 Å². The Morgan fingerprint density at radius 3 is 2.62 bits per heavy atom. The summed E-state index contributed by atoms with van der Waals surface area (Å²) >= 11 is 3.42. The number of hydrogen-bond donors (Lipinski definition) is 2. The van der Waals surface area contributed by atoms with E-state index in [1.165, 1.54) is 5.56 Å². The Hall–Kier alpha value is -1.03. The molecule has 70 valence electrons. The maximum absolute atomic E-state index is 7.27. The molecule has 0 saturated carbocycles. The third kappa shape index (κ3) is 2.21. The highest BCUT2D eigenvalue weighted by atomic mass is 79.9. The lowest BCUT2D eigenvalue weighted by Crippen LogP contribution is -2.32. The number of aryl methyl sites for hydroxylation is 1. The number of halogens is 1. The molecule has 13 heavy (non-hydrogen) atoms. The first kappa shape index (κ1) is 10.1. The summed E-state index contributed by atoms with van der Waals surface area (Å²) in [7, 11) is 1.76. The first-order chi connectivity index (χ1) is 6.02. The maximum atomic E-state index is 7.27. The summed E-state index contributed by atoms with van der Waals surface area (Å²) in [5.41, 5.74) is 7.44. The summed E-state index contributed by atoms with van der Waals surface area (Å²) in [5.74, 6) is 0.0320. The molecule has 0 amide bonds. The SMILES string of the molecule is Cc1ccc(N(C)C(=N)N)c(Br)c1. The van der Waals surface area contributed by atoms with Crippen LogP contribution in [-0.2, 0) is 0 Å². The van der Waals surface area contributed by atoms with Crippen molar-refractivity contribution >= 4 is 27.6 Å². The van der Waals surface area contributed by atoms with Gasteiger partial charge in [0.1, 0.15) is 0 Å². The molecule has 0 aliphatic heterocycles. The summed E-state index contributed by atoms with van der Waals surface area (Å²) in [4.78, 5) is 1.61. The quantitative estimate of drug-likeness (QED) is 0.585. The van der Waals surface area contributed by atoms with Gasteiger partial charge in [-0.15, -0.1) is 0 Å².